The first-order chi connectivity index (χ1) is 14.0. The van der Waals surface area contributed by atoms with E-state index in [0.29, 0.717) is 5.92 Å². The molecular weight excluding hydrogens is 387 g/mol. The van der Waals surface area contributed by atoms with E-state index in [4.69, 9.17) is 10.5 Å². The minimum atomic E-state index is -1.16. The molecule has 6 nitrogen and oxygen atoms in total. The Labute approximate surface area is 175 Å². The van der Waals surface area contributed by atoms with Crippen LogP contribution in [-0.4, -0.2) is 53.5 Å². The van der Waals surface area contributed by atoms with Crippen molar-refractivity contribution < 1.29 is 4.39 Å². The number of aryl methyl sites for hydroxylation is 1. The van der Waals surface area contributed by atoms with Gasteiger partial charge >= 0.3 is 0 Å². The van der Waals surface area contributed by atoms with Crippen LogP contribution >= 0.6 is 11.8 Å². The largest absolute Gasteiger partial charge is 0.369 e. The lowest BCUT2D eigenvalue weighted by molar-refractivity contribution is 0.459. The predicted molar refractivity (Wildman–Crippen MR) is 120 cm³/mol. The zero-order valence-electron chi connectivity index (χ0n) is 17.1. The fourth-order valence-corrected chi connectivity index (χ4v) is 4.58. The van der Waals surface area contributed by atoms with Crippen molar-refractivity contribution in [1.82, 2.24) is 14.9 Å². The van der Waals surface area contributed by atoms with Crippen LogP contribution < -0.4 is 15.1 Å². The number of nitrogens with one attached hydrogen (secondary N) is 2. The van der Waals surface area contributed by atoms with Crippen LogP contribution in [0.5, 0.6) is 0 Å². The smallest absolute Gasteiger partial charge is 0.163 e. The molecule has 0 spiro atoms. The number of halogens is 1. The molecule has 1 saturated carbocycles. The molecule has 156 valence electrons. The number of thioether (sulfide) groups is 1. The van der Waals surface area contributed by atoms with Crippen LogP contribution in [0.3, 0.4) is 0 Å². The lowest BCUT2D eigenvalue weighted by Crippen LogP contribution is -2.43. The van der Waals surface area contributed by atoms with Gasteiger partial charge in [-0.1, -0.05) is 17.8 Å². The second-order valence-electron chi connectivity index (χ2n) is 7.81. The Balaban J connectivity index is 1.74. The second kappa shape index (κ2) is 8.36. The van der Waals surface area contributed by atoms with Gasteiger partial charge in [0.2, 0.25) is 0 Å². The van der Waals surface area contributed by atoms with E-state index in [1.165, 1.54) is 5.69 Å². The van der Waals surface area contributed by atoms with Gasteiger partial charge in [-0.05, 0) is 31.9 Å². The third-order valence-electron chi connectivity index (χ3n) is 5.57. The summed E-state index contributed by atoms with van der Waals surface area (Å²) in [7, 11) is 1.85. The predicted octanol–water partition coefficient (Wildman–Crippen LogP) is 3.91. The lowest BCUT2D eigenvalue weighted by atomic mass is 10.2. The molecule has 8 heteroatoms. The molecule has 1 aliphatic heterocycles. The van der Waals surface area contributed by atoms with Crippen LogP contribution in [0.2, 0.25) is 0 Å². The molecule has 0 bridgehead atoms. The van der Waals surface area contributed by atoms with Crippen LogP contribution in [-0.2, 0) is 0 Å². The molecule has 0 aromatic carbocycles. The summed E-state index contributed by atoms with van der Waals surface area (Å²) in [6.07, 6.45) is 4.03. The van der Waals surface area contributed by atoms with Crippen LogP contribution in [0.1, 0.15) is 36.6 Å². The van der Waals surface area contributed by atoms with E-state index in [1.807, 2.05) is 11.6 Å². The molecule has 1 unspecified atom stereocenters. The normalized spacial score (nSPS) is 18.1. The quantitative estimate of drug-likeness (QED) is 0.425. The summed E-state index contributed by atoms with van der Waals surface area (Å²) in [4.78, 5) is 4.19. The van der Waals surface area contributed by atoms with E-state index in [-0.39, 0.29) is 11.6 Å². The first-order valence-corrected chi connectivity index (χ1v) is 11.1. The Hall–Kier alpha value is -2.06. The molecule has 2 N–H and O–H groups in total. The Kier molecular flexibility index (Phi) is 5.83. The number of nitrogens with zero attached hydrogens (tertiary/aromatic N) is 4. The Bertz CT molecular complexity index is 916. The van der Waals surface area contributed by atoms with E-state index in [1.54, 1.807) is 11.0 Å². The fraction of sp³-hybridized carbons (Fsp3) is 0.524. The van der Waals surface area contributed by atoms with Gasteiger partial charge in [-0.2, -0.15) is 5.10 Å². The molecule has 0 radical (unpaired) electrons. The SMILES string of the molecule is C=CCC(F)SC(=N)N(C)c1c(C2CC2)nn2c(C)cc(N3CCNCC3)cc12. The molecule has 2 fully saturated rings. The molecule has 0 amide bonds. The van der Waals surface area contributed by atoms with E-state index in [2.05, 4.69) is 35.9 Å². The molecule has 1 aliphatic carbocycles. The molecule has 2 aromatic heterocycles. The van der Waals surface area contributed by atoms with Crippen LogP contribution in [0, 0.1) is 12.3 Å². The highest BCUT2D eigenvalue weighted by Crippen LogP contribution is 2.46. The number of piperazine rings is 1. The number of hydrogen-bond donors (Lipinski definition) is 2. The number of anilines is 2. The summed E-state index contributed by atoms with van der Waals surface area (Å²) in [6.45, 7) is 9.57. The number of rotatable bonds is 6. The Morgan fingerprint density at radius 2 is 2.17 bits per heavy atom. The van der Waals surface area contributed by atoms with Gasteiger partial charge in [0.15, 0.2) is 10.7 Å². The lowest BCUT2D eigenvalue weighted by Gasteiger charge is -2.30. The third kappa shape index (κ3) is 4.14. The van der Waals surface area contributed by atoms with Gasteiger partial charge in [-0.25, -0.2) is 8.91 Å². The zero-order valence-corrected chi connectivity index (χ0v) is 17.9. The van der Waals surface area contributed by atoms with Crippen LogP contribution in [0.15, 0.2) is 24.8 Å². The van der Waals surface area contributed by atoms with Gasteiger partial charge in [0.05, 0.1) is 16.9 Å². The average Bonchev–Trinajstić information content (AvgIpc) is 3.48. The number of hydrogen-bond acceptors (Lipinski definition) is 5. The summed E-state index contributed by atoms with van der Waals surface area (Å²) < 4.78 is 16.1. The molecule has 29 heavy (non-hydrogen) atoms. The number of alkyl halides is 1. The number of amidine groups is 1. The van der Waals surface area contributed by atoms with Gasteiger partial charge in [0, 0.05) is 56.9 Å². The molecule has 2 aliphatic rings. The van der Waals surface area contributed by atoms with Crippen molar-refractivity contribution >= 4 is 33.8 Å². The highest BCUT2D eigenvalue weighted by Gasteiger charge is 2.33. The first-order valence-electron chi connectivity index (χ1n) is 10.2. The van der Waals surface area contributed by atoms with Crippen molar-refractivity contribution in [2.45, 2.75) is 37.6 Å². The third-order valence-corrected chi connectivity index (χ3v) is 6.52. The van der Waals surface area contributed by atoms with Crippen molar-refractivity contribution in [3.8, 4) is 0 Å². The monoisotopic (exact) mass is 416 g/mol. The standard InChI is InChI=1S/C21H29FN6S/c1-4-5-18(22)29-21(23)26(3)20-17-13-16(27-10-8-24-9-11-27)12-14(2)28(17)25-19(20)15-6-7-15/h4,12-13,15,18,23-24H,1,5-11H2,2-3H3. The van der Waals surface area contributed by atoms with Crippen LogP contribution in [0.4, 0.5) is 15.8 Å². The summed E-state index contributed by atoms with van der Waals surface area (Å²) in [5.74, 6) is 0.432. The molecule has 1 atom stereocenters. The molecule has 4 rings (SSSR count). The Morgan fingerprint density at radius 1 is 1.45 bits per heavy atom. The maximum Gasteiger partial charge on any atom is 0.163 e. The van der Waals surface area contributed by atoms with E-state index in [0.717, 1.165) is 73.4 Å². The molecule has 1 saturated heterocycles. The summed E-state index contributed by atoms with van der Waals surface area (Å²) in [5.41, 5.74) is 4.06. The first kappa shape index (κ1) is 20.2. The fourth-order valence-electron chi connectivity index (χ4n) is 3.86. The number of fused-ring (bicyclic) bond motifs is 1. The number of pyridine rings is 1. The van der Waals surface area contributed by atoms with Gasteiger partial charge in [-0.3, -0.25) is 5.41 Å². The number of allylic oxidation sites excluding steroid dienone is 1. The zero-order chi connectivity index (χ0) is 20.5. The van der Waals surface area contributed by atoms with Crippen molar-refractivity contribution in [2.75, 3.05) is 43.0 Å². The van der Waals surface area contributed by atoms with E-state index in [9.17, 15) is 4.39 Å². The average molecular weight is 417 g/mol. The van der Waals surface area contributed by atoms with Crippen molar-refractivity contribution in [1.29, 1.82) is 5.41 Å². The number of aromatic nitrogens is 2. The maximum atomic E-state index is 14.1. The van der Waals surface area contributed by atoms with Crippen molar-refractivity contribution in [3.63, 3.8) is 0 Å². The highest BCUT2D eigenvalue weighted by molar-refractivity contribution is 8.14. The maximum absolute atomic E-state index is 14.1. The summed E-state index contributed by atoms with van der Waals surface area (Å²) >= 11 is 0.932. The van der Waals surface area contributed by atoms with Gasteiger partial charge < -0.3 is 15.1 Å². The van der Waals surface area contributed by atoms with Gasteiger partial charge in [-0.15, -0.1) is 6.58 Å². The summed E-state index contributed by atoms with van der Waals surface area (Å²) in [5, 5.41) is 17.0. The van der Waals surface area contributed by atoms with Gasteiger partial charge in [0.1, 0.15) is 0 Å². The summed E-state index contributed by atoms with van der Waals surface area (Å²) in [6, 6.07) is 4.37. The van der Waals surface area contributed by atoms with Crippen LogP contribution in [0.25, 0.3) is 5.52 Å². The highest BCUT2D eigenvalue weighted by atomic mass is 32.2. The van der Waals surface area contributed by atoms with Crippen molar-refractivity contribution in [2.24, 2.45) is 0 Å². The molecule has 2 aromatic rings. The minimum Gasteiger partial charge on any atom is -0.369 e. The minimum absolute atomic E-state index is 0.196. The topological polar surface area (TPSA) is 59.7 Å². The molecule has 3 heterocycles. The van der Waals surface area contributed by atoms with E-state index >= 15 is 0 Å². The molecular formula is C21H29FN6S. The van der Waals surface area contributed by atoms with E-state index < -0.39 is 5.50 Å². The Morgan fingerprint density at radius 3 is 2.83 bits per heavy atom. The second-order valence-corrected chi connectivity index (χ2v) is 8.95. The van der Waals surface area contributed by atoms with Crippen molar-refractivity contribution in [3.05, 3.63) is 36.2 Å². The van der Waals surface area contributed by atoms with Gasteiger partial charge in [0.25, 0.3) is 0 Å².